The van der Waals surface area contributed by atoms with Gasteiger partial charge in [0.1, 0.15) is 0 Å². The Morgan fingerprint density at radius 3 is 2.15 bits per heavy atom. The number of fused-ring (bicyclic) bond motifs is 3. The molecule has 0 bridgehead atoms. The van der Waals surface area contributed by atoms with Gasteiger partial charge >= 0.3 is 18.4 Å². The third-order valence-corrected chi connectivity index (χ3v) is 7.45. The molecule has 3 amide bonds. The Kier molecular flexibility index (Phi) is 6.23. The van der Waals surface area contributed by atoms with Crippen molar-refractivity contribution >= 4 is 23.6 Å². The molecule has 1 saturated heterocycles. The van der Waals surface area contributed by atoms with Gasteiger partial charge in [0.05, 0.1) is 29.0 Å². The molecule has 2 aliphatic heterocycles. The quantitative estimate of drug-likeness (QED) is 0.277. The van der Waals surface area contributed by atoms with Crippen LogP contribution in [-0.4, -0.2) is 34.1 Å². The summed E-state index contributed by atoms with van der Waals surface area (Å²) in [6.07, 6.45) is -12.0. The Hall–Kier alpha value is -4.29. The second-order valence-corrected chi connectivity index (χ2v) is 9.72. The van der Waals surface area contributed by atoms with E-state index < -0.39 is 65.3 Å². The van der Waals surface area contributed by atoms with Crippen molar-refractivity contribution in [2.75, 3.05) is 4.90 Å². The van der Waals surface area contributed by atoms with Gasteiger partial charge in [-0.05, 0) is 55.2 Å². The Morgan fingerprint density at radius 1 is 0.975 bits per heavy atom. The van der Waals surface area contributed by atoms with Crippen LogP contribution in [-0.2, 0) is 33.1 Å². The minimum absolute atomic E-state index is 0.0328. The van der Waals surface area contributed by atoms with Gasteiger partial charge in [-0.25, -0.2) is 9.69 Å². The van der Waals surface area contributed by atoms with Crippen molar-refractivity contribution in [3.05, 3.63) is 87.7 Å². The molecule has 3 unspecified atom stereocenters. The summed E-state index contributed by atoms with van der Waals surface area (Å²) < 4.78 is 86.7. The fourth-order valence-corrected chi connectivity index (χ4v) is 5.41. The smallest absolute Gasteiger partial charge is 0.416 e. The molecule has 13 heteroatoms. The zero-order valence-electron chi connectivity index (χ0n) is 20.8. The van der Waals surface area contributed by atoms with Crippen LogP contribution in [0.25, 0.3) is 0 Å². The standard InChI is InChI=1S/C27H20F6N2O5/c1-12-13(2)24(34(22(12)36)17-9-15(26(28,29)30)8-16(10-17)27(31,32)33)40-11-20-19-7-14-5-3-4-6-18(14)21(19)35(23(20)37)25(38)39/h3-6,8-11,19,21,24H,7H2,1-2H3,(H,38,39). The van der Waals surface area contributed by atoms with Crippen LogP contribution in [0.2, 0.25) is 0 Å². The van der Waals surface area contributed by atoms with E-state index >= 15 is 0 Å². The maximum absolute atomic E-state index is 13.5. The highest BCUT2D eigenvalue weighted by atomic mass is 19.4. The Labute approximate surface area is 222 Å². The summed E-state index contributed by atoms with van der Waals surface area (Å²) >= 11 is 0. The number of nitrogens with zero attached hydrogens (tertiary/aromatic N) is 2. The number of alkyl halides is 6. The number of carbonyl (C=O) groups is 3. The van der Waals surface area contributed by atoms with Crippen LogP contribution in [0, 0.1) is 5.92 Å². The Balaban J connectivity index is 1.55. The van der Waals surface area contributed by atoms with E-state index in [9.17, 15) is 45.8 Å². The van der Waals surface area contributed by atoms with E-state index in [-0.39, 0.29) is 22.8 Å². The number of anilines is 1. The maximum Gasteiger partial charge on any atom is 0.416 e. The maximum atomic E-state index is 13.5. The number of halogens is 6. The van der Waals surface area contributed by atoms with E-state index in [4.69, 9.17) is 4.74 Å². The van der Waals surface area contributed by atoms with Crippen molar-refractivity contribution in [1.82, 2.24) is 4.90 Å². The van der Waals surface area contributed by atoms with Crippen LogP contribution in [0.1, 0.15) is 42.1 Å². The molecule has 210 valence electrons. The van der Waals surface area contributed by atoms with E-state index in [1.165, 1.54) is 13.8 Å². The van der Waals surface area contributed by atoms with Crippen molar-refractivity contribution in [1.29, 1.82) is 0 Å². The van der Waals surface area contributed by atoms with Crippen molar-refractivity contribution in [3.8, 4) is 0 Å². The molecule has 5 rings (SSSR count). The van der Waals surface area contributed by atoms with Gasteiger partial charge in [0.15, 0.2) is 0 Å². The number of carboxylic acid groups (broad SMARTS) is 1. The van der Waals surface area contributed by atoms with Crippen LogP contribution in [0.5, 0.6) is 0 Å². The number of amides is 3. The minimum atomic E-state index is -5.14. The lowest BCUT2D eigenvalue weighted by Gasteiger charge is -2.27. The normalized spacial score (nSPS) is 23.8. The third kappa shape index (κ3) is 4.29. The average molecular weight is 566 g/mol. The van der Waals surface area contributed by atoms with E-state index in [0.717, 1.165) is 11.8 Å². The lowest BCUT2D eigenvalue weighted by Crippen LogP contribution is -2.37. The summed E-state index contributed by atoms with van der Waals surface area (Å²) in [4.78, 5) is 39.4. The predicted octanol–water partition coefficient (Wildman–Crippen LogP) is 6.07. The summed E-state index contributed by atoms with van der Waals surface area (Å²) in [5.41, 5.74) is -2.30. The number of likely N-dealkylation sites (tertiary alicyclic amines) is 1. The largest absolute Gasteiger partial charge is 0.473 e. The molecular formula is C27H20F6N2O5. The molecule has 1 N–H and O–H groups in total. The summed E-state index contributed by atoms with van der Waals surface area (Å²) in [5.74, 6) is -2.39. The second-order valence-electron chi connectivity index (χ2n) is 9.72. The molecule has 2 aromatic carbocycles. The van der Waals surface area contributed by atoms with E-state index in [1.807, 2.05) is 0 Å². The average Bonchev–Trinajstić information content (AvgIpc) is 3.44. The number of rotatable bonds is 3. The van der Waals surface area contributed by atoms with Crippen molar-refractivity contribution < 1.29 is 50.6 Å². The molecule has 2 aromatic rings. The first-order valence-corrected chi connectivity index (χ1v) is 11.9. The molecule has 40 heavy (non-hydrogen) atoms. The van der Waals surface area contributed by atoms with Crippen LogP contribution in [0.15, 0.2) is 65.4 Å². The van der Waals surface area contributed by atoms with E-state index in [2.05, 4.69) is 0 Å². The number of hydrogen-bond donors (Lipinski definition) is 1. The highest BCUT2D eigenvalue weighted by molar-refractivity contribution is 6.09. The number of benzene rings is 2. The monoisotopic (exact) mass is 566 g/mol. The number of imide groups is 1. The first-order chi connectivity index (χ1) is 18.6. The predicted molar refractivity (Wildman–Crippen MR) is 127 cm³/mol. The zero-order chi connectivity index (χ0) is 29.3. The van der Waals surface area contributed by atoms with Crippen LogP contribution < -0.4 is 4.90 Å². The summed E-state index contributed by atoms with van der Waals surface area (Å²) in [7, 11) is 0. The molecule has 1 aliphatic carbocycles. The van der Waals surface area contributed by atoms with Crippen LogP contribution in [0.3, 0.4) is 0 Å². The molecular weight excluding hydrogens is 546 g/mol. The summed E-state index contributed by atoms with van der Waals surface area (Å²) in [6.45, 7) is 2.76. The molecule has 3 aliphatic rings. The minimum Gasteiger partial charge on any atom is -0.473 e. The third-order valence-electron chi connectivity index (χ3n) is 7.45. The molecule has 1 fully saturated rings. The van der Waals surface area contributed by atoms with Crippen LogP contribution >= 0.6 is 0 Å². The fourth-order valence-electron chi connectivity index (χ4n) is 5.41. The SMILES string of the molecule is CC1=C(C)C(OC=C2C(=O)N(C(=O)O)C3c4ccccc4CC23)N(c2cc(C(F)(F)F)cc(C(F)(F)F)c2)C1=O. The molecule has 0 radical (unpaired) electrons. The van der Waals surface area contributed by atoms with Gasteiger partial charge in [0, 0.05) is 17.2 Å². The van der Waals surface area contributed by atoms with Crippen molar-refractivity contribution in [2.45, 2.75) is 44.9 Å². The van der Waals surface area contributed by atoms with Gasteiger partial charge in [-0.15, -0.1) is 0 Å². The number of carbonyl (C=O) groups excluding carboxylic acids is 2. The molecule has 0 saturated carbocycles. The van der Waals surface area contributed by atoms with Gasteiger partial charge in [-0.3, -0.25) is 14.5 Å². The molecule has 2 heterocycles. The highest BCUT2D eigenvalue weighted by Crippen LogP contribution is 2.50. The van der Waals surface area contributed by atoms with Gasteiger partial charge < -0.3 is 9.84 Å². The summed E-state index contributed by atoms with van der Waals surface area (Å²) in [6, 6.07) is 6.91. The summed E-state index contributed by atoms with van der Waals surface area (Å²) in [5, 5.41) is 9.73. The molecule has 3 atom stereocenters. The van der Waals surface area contributed by atoms with Crippen molar-refractivity contribution in [3.63, 3.8) is 0 Å². The molecule has 7 nitrogen and oxygen atoms in total. The highest BCUT2D eigenvalue weighted by Gasteiger charge is 2.52. The second kappa shape index (κ2) is 9.14. The zero-order valence-corrected chi connectivity index (χ0v) is 20.8. The van der Waals surface area contributed by atoms with Crippen LogP contribution in [0.4, 0.5) is 36.8 Å². The van der Waals surface area contributed by atoms with E-state index in [0.29, 0.717) is 33.9 Å². The number of hydrogen-bond acceptors (Lipinski definition) is 4. The molecule has 0 spiro atoms. The number of ether oxygens (including phenoxy) is 1. The Bertz CT molecular complexity index is 1480. The van der Waals surface area contributed by atoms with Gasteiger partial charge in [0.25, 0.3) is 11.8 Å². The fraction of sp³-hybridized carbons (Fsp3) is 0.296. The Morgan fingerprint density at radius 2 is 1.57 bits per heavy atom. The van der Waals surface area contributed by atoms with Gasteiger partial charge in [-0.1, -0.05) is 24.3 Å². The first kappa shape index (κ1) is 27.3. The molecule has 0 aromatic heterocycles. The van der Waals surface area contributed by atoms with Crippen molar-refractivity contribution in [2.24, 2.45) is 5.92 Å². The lowest BCUT2D eigenvalue weighted by atomic mass is 9.97. The van der Waals surface area contributed by atoms with Gasteiger partial charge in [0.2, 0.25) is 6.23 Å². The van der Waals surface area contributed by atoms with Gasteiger partial charge in [-0.2, -0.15) is 26.3 Å². The first-order valence-electron chi connectivity index (χ1n) is 11.9. The topological polar surface area (TPSA) is 87.2 Å². The van der Waals surface area contributed by atoms with E-state index in [1.54, 1.807) is 24.3 Å². The lowest BCUT2D eigenvalue weighted by molar-refractivity contribution is -0.143.